The van der Waals surface area contributed by atoms with E-state index in [1.165, 1.54) is 35.0 Å². The largest absolute Gasteiger partial charge is 0.573 e. The van der Waals surface area contributed by atoms with E-state index in [9.17, 15) is 23.1 Å². The predicted molar refractivity (Wildman–Crippen MR) is 95.4 cm³/mol. The molecule has 0 atom stereocenters. The van der Waals surface area contributed by atoms with E-state index >= 15 is 0 Å². The van der Waals surface area contributed by atoms with Crippen molar-refractivity contribution in [3.63, 3.8) is 0 Å². The van der Waals surface area contributed by atoms with Gasteiger partial charge in [0.2, 0.25) is 0 Å². The van der Waals surface area contributed by atoms with Crippen LogP contribution < -0.4 is 9.64 Å². The molecule has 0 aliphatic carbocycles. The van der Waals surface area contributed by atoms with Crippen LogP contribution in [0.2, 0.25) is 5.15 Å². The van der Waals surface area contributed by atoms with Crippen LogP contribution in [-0.4, -0.2) is 32.2 Å². The molecule has 0 radical (unpaired) electrons. The standard InChI is InChI=1S/C17H14ClF3N4O3/c1-9(2)12-8-22-15-11(7-14(18)23-25(12)15)24(16(26)27)10-5-3-4-6-13(10)28-17(19,20)21/h3-9H,1-2H3,(H,26,27). The molecule has 148 valence electrons. The Bertz CT molecular complexity index is 1040. The Morgan fingerprint density at radius 2 is 1.96 bits per heavy atom. The number of benzene rings is 1. The zero-order valence-corrected chi connectivity index (χ0v) is 15.4. The summed E-state index contributed by atoms with van der Waals surface area (Å²) in [5.74, 6) is -0.688. The van der Waals surface area contributed by atoms with Crippen molar-refractivity contribution in [2.24, 2.45) is 0 Å². The second-order valence-corrected chi connectivity index (χ2v) is 6.45. The van der Waals surface area contributed by atoms with Gasteiger partial charge in [-0.1, -0.05) is 37.6 Å². The molecule has 1 amide bonds. The van der Waals surface area contributed by atoms with Crippen molar-refractivity contribution in [2.75, 3.05) is 4.90 Å². The molecule has 2 aromatic heterocycles. The SMILES string of the molecule is CC(C)c1cnc2c(N(C(=O)O)c3ccccc3OC(F)(F)F)cc(Cl)nn12. The maximum atomic E-state index is 12.8. The first-order valence-corrected chi connectivity index (χ1v) is 8.38. The van der Waals surface area contributed by atoms with E-state index in [-0.39, 0.29) is 28.1 Å². The van der Waals surface area contributed by atoms with Gasteiger partial charge in [-0.3, -0.25) is 0 Å². The molecule has 11 heteroatoms. The van der Waals surface area contributed by atoms with Crippen molar-refractivity contribution in [3.05, 3.63) is 47.4 Å². The summed E-state index contributed by atoms with van der Waals surface area (Å²) in [5.41, 5.74) is 0.379. The van der Waals surface area contributed by atoms with Crippen LogP contribution in [0.4, 0.5) is 29.3 Å². The van der Waals surface area contributed by atoms with Crippen LogP contribution in [0.25, 0.3) is 5.65 Å². The van der Waals surface area contributed by atoms with Crippen LogP contribution >= 0.6 is 11.6 Å². The van der Waals surface area contributed by atoms with Gasteiger partial charge < -0.3 is 9.84 Å². The van der Waals surface area contributed by atoms with Crippen molar-refractivity contribution in [3.8, 4) is 5.75 Å². The molecular formula is C17H14ClF3N4O3. The number of carboxylic acid groups (broad SMARTS) is 1. The highest BCUT2D eigenvalue weighted by molar-refractivity contribution is 6.29. The lowest BCUT2D eigenvalue weighted by molar-refractivity contribution is -0.274. The molecule has 0 aliphatic rings. The molecule has 0 fully saturated rings. The summed E-state index contributed by atoms with van der Waals surface area (Å²) in [4.78, 5) is 16.8. The number of rotatable bonds is 4. The van der Waals surface area contributed by atoms with Gasteiger partial charge in [0.25, 0.3) is 0 Å². The fourth-order valence-corrected chi connectivity index (χ4v) is 2.87. The Hall–Kier alpha value is -3.01. The van der Waals surface area contributed by atoms with E-state index in [1.807, 2.05) is 13.8 Å². The van der Waals surface area contributed by atoms with Crippen LogP contribution in [0, 0.1) is 0 Å². The van der Waals surface area contributed by atoms with E-state index in [2.05, 4.69) is 14.8 Å². The Labute approximate surface area is 161 Å². The highest BCUT2D eigenvalue weighted by Gasteiger charge is 2.34. The number of ether oxygens (including phenoxy) is 1. The summed E-state index contributed by atoms with van der Waals surface area (Å²) in [6.07, 6.45) is -5.04. The van der Waals surface area contributed by atoms with Gasteiger partial charge in [0, 0.05) is 6.07 Å². The highest BCUT2D eigenvalue weighted by atomic mass is 35.5. The molecular weight excluding hydrogens is 401 g/mol. The summed E-state index contributed by atoms with van der Waals surface area (Å²) < 4.78 is 43.6. The van der Waals surface area contributed by atoms with E-state index in [1.54, 1.807) is 0 Å². The average Bonchev–Trinajstić information content (AvgIpc) is 2.98. The first-order valence-electron chi connectivity index (χ1n) is 8.00. The summed E-state index contributed by atoms with van der Waals surface area (Å²) >= 11 is 6.05. The number of para-hydroxylation sites is 2. The fourth-order valence-electron chi connectivity index (χ4n) is 2.69. The number of imidazole rings is 1. The minimum Gasteiger partial charge on any atom is -0.464 e. The third kappa shape index (κ3) is 3.81. The number of amides is 1. The third-order valence-electron chi connectivity index (χ3n) is 3.80. The molecule has 0 unspecified atom stereocenters. The number of hydrogen-bond acceptors (Lipinski definition) is 4. The maximum Gasteiger partial charge on any atom is 0.573 e. The minimum absolute atomic E-state index is 0.00653. The molecule has 0 bridgehead atoms. The number of nitrogens with zero attached hydrogens (tertiary/aromatic N) is 4. The first-order chi connectivity index (χ1) is 13.1. The normalized spacial score (nSPS) is 11.8. The number of alkyl halides is 3. The second kappa shape index (κ2) is 7.19. The average molecular weight is 415 g/mol. The van der Waals surface area contributed by atoms with Gasteiger partial charge in [0.15, 0.2) is 16.5 Å². The van der Waals surface area contributed by atoms with Crippen LogP contribution in [0.1, 0.15) is 25.5 Å². The lowest BCUT2D eigenvalue weighted by atomic mass is 10.1. The molecule has 2 heterocycles. The van der Waals surface area contributed by atoms with Gasteiger partial charge in [-0.2, -0.15) is 5.10 Å². The minimum atomic E-state index is -5.00. The molecule has 28 heavy (non-hydrogen) atoms. The lowest BCUT2D eigenvalue weighted by Gasteiger charge is -2.23. The zero-order chi connectivity index (χ0) is 20.6. The van der Waals surface area contributed by atoms with Crippen LogP contribution in [0.15, 0.2) is 36.5 Å². The van der Waals surface area contributed by atoms with E-state index in [0.29, 0.717) is 10.6 Å². The lowest BCUT2D eigenvalue weighted by Crippen LogP contribution is -2.27. The Morgan fingerprint density at radius 1 is 1.29 bits per heavy atom. The summed E-state index contributed by atoms with van der Waals surface area (Å²) in [6, 6.07) is 6.11. The summed E-state index contributed by atoms with van der Waals surface area (Å²) in [7, 11) is 0. The monoisotopic (exact) mass is 414 g/mol. The van der Waals surface area contributed by atoms with E-state index < -0.39 is 18.2 Å². The number of anilines is 2. The number of carbonyl (C=O) groups is 1. The summed E-state index contributed by atoms with van der Waals surface area (Å²) in [6.45, 7) is 3.76. The van der Waals surface area contributed by atoms with Gasteiger partial charge in [-0.15, -0.1) is 13.2 Å². The molecule has 0 aliphatic heterocycles. The van der Waals surface area contributed by atoms with E-state index in [4.69, 9.17) is 11.6 Å². The smallest absolute Gasteiger partial charge is 0.464 e. The topological polar surface area (TPSA) is 80.0 Å². The number of halogens is 4. The number of fused-ring (bicyclic) bond motifs is 1. The van der Waals surface area contributed by atoms with Crippen molar-refractivity contribution in [2.45, 2.75) is 26.1 Å². The molecule has 3 rings (SSSR count). The molecule has 1 aromatic carbocycles. The number of aromatic nitrogens is 3. The van der Waals surface area contributed by atoms with E-state index in [0.717, 1.165) is 6.07 Å². The third-order valence-corrected chi connectivity index (χ3v) is 3.99. The van der Waals surface area contributed by atoms with Gasteiger partial charge in [-0.05, 0) is 18.1 Å². The van der Waals surface area contributed by atoms with Crippen molar-refractivity contribution >= 4 is 34.7 Å². The van der Waals surface area contributed by atoms with Crippen molar-refractivity contribution in [1.29, 1.82) is 0 Å². The molecule has 0 saturated heterocycles. The zero-order valence-electron chi connectivity index (χ0n) is 14.6. The highest BCUT2D eigenvalue weighted by Crippen LogP contribution is 2.39. The predicted octanol–water partition coefficient (Wildman–Crippen LogP) is 5.22. The first kappa shape index (κ1) is 19.7. The molecule has 0 spiro atoms. The van der Waals surface area contributed by atoms with Gasteiger partial charge in [0.1, 0.15) is 5.69 Å². The number of hydrogen-bond donors (Lipinski definition) is 1. The Kier molecular flexibility index (Phi) is 5.07. The quantitative estimate of drug-likeness (QED) is 0.633. The maximum absolute atomic E-state index is 12.8. The van der Waals surface area contributed by atoms with Gasteiger partial charge in [-0.25, -0.2) is 19.2 Å². The molecule has 3 aromatic rings. The Balaban J connectivity index is 2.25. The van der Waals surface area contributed by atoms with Crippen LogP contribution in [0.3, 0.4) is 0 Å². The van der Waals surface area contributed by atoms with Crippen molar-refractivity contribution < 1.29 is 27.8 Å². The summed E-state index contributed by atoms with van der Waals surface area (Å²) in [5, 5.41) is 13.8. The van der Waals surface area contributed by atoms with Crippen LogP contribution in [0.5, 0.6) is 5.75 Å². The fraction of sp³-hybridized carbons (Fsp3) is 0.235. The molecule has 0 saturated carbocycles. The second-order valence-electron chi connectivity index (χ2n) is 6.06. The molecule has 1 N–H and O–H groups in total. The van der Waals surface area contributed by atoms with Gasteiger partial charge in [0.05, 0.1) is 17.6 Å². The van der Waals surface area contributed by atoms with Gasteiger partial charge >= 0.3 is 12.5 Å². The van der Waals surface area contributed by atoms with Crippen molar-refractivity contribution in [1.82, 2.24) is 14.6 Å². The van der Waals surface area contributed by atoms with Crippen LogP contribution in [-0.2, 0) is 0 Å². The Morgan fingerprint density at radius 3 is 2.57 bits per heavy atom. The molecule has 7 nitrogen and oxygen atoms in total.